The number of nitrogens with one attached hydrogen (secondary N) is 1. The summed E-state index contributed by atoms with van der Waals surface area (Å²) >= 11 is 0. The van der Waals surface area contributed by atoms with E-state index in [1.807, 2.05) is 6.07 Å². The summed E-state index contributed by atoms with van der Waals surface area (Å²) in [5.74, 6) is -0.0901. The number of carbonyl (C=O) groups excluding carboxylic acids is 3. The van der Waals surface area contributed by atoms with Gasteiger partial charge in [0.25, 0.3) is 0 Å². The topological polar surface area (TPSA) is 84.9 Å². The van der Waals surface area contributed by atoms with E-state index in [9.17, 15) is 14.4 Å². The molecular weight excluding hydrogens is 336 g/mol. The number of amides is 2. The van der Waals surface area contributed by atoms with Crippen molar-refractivity contribution in [3.05, 3.63) is 30.3 Å². The first-order valence-corrected chi connectivity index (χ1v) is 8.77. The fourth-order valence-corrected chi connectivity index (χ4v) is 3.37. The van der Waals surface area contributed by atoms with Crippen LogP contribution in [0.2, 0.25) is 0 Å². The fraction of sp³-hybridized carbons (Fsp3) is 0.526. The Morgan fingerprint density at radius 1 is 1.15 bits per heavy atom. The second kappa shape index (κ2) is 6.63. The van der Waals surface area contributed by atoms with Crippen molar-refractivity contribution in [1.82, 2.24) is 10.2 Å². The molecule has 1 spiro atoms. The van der Waals surface area contributed by atoms with Crippen molar-refractivity contribution in [3.8, 4) is 5.75 Å². The third-order valence-electron chi connectivity index (χ3n) is 4.78. The number of esters is 1. The van der Waals surface area contributed by atoms with Gasteiger partial charge in [-0.25, -0.2) is 9.59 Å². The number of hydrogen-bond acceptors (Lipinski definition) is 5. The largest absolute Gasteiger partial charge is 0.458 e. The standard InChI is InChI=1S/C19H24N2O5/c1-18(2,3)26-15(22)14-19(16(23)20-14)9-11-21(12-10-19)17(24)25-13-7-5-4-6-8-13/h4-8,14H,9-12H2,1-3H3,(H,20,23)/t14-/m0/s1. The molecule has 140 valence electrons. The highest BCUT2D eigenvalue weighted by atomic mass is 16.6. The second-order valence-corrected chi connectivity index (χ2v) is 7.76. The Morgan fingerprint density at radius 2 is 1.77 bits per heavy atom. The van der Waals surface area contributed by atoms with E-state index in [1.54, 1.807) is 49.9 Å². The van der Waals surface area contributed by atoms with Gasteiger partial charge in [0.1, 0.15) is 17.4 Å². The summed E-state index contributed by atoms with van der Waals surface area (Å²) in [7, 11) is 0. The number of ether oxygens (including phenoxy) is 2. The first-order valence-electron chi connectivity index (χ1n) is 8.77. The minimum atomic E-state index is -0.786. The molecule has 0 radical (unpaired) electrons. The van der Waals surface area contributed by atoms with Crippen LogP contribution in [-0.4, -0.2) is 47.6 Å². The van der Waals surface area contributed by atoms with Gasteiger partial charge in [0.2, 0.25) is 5.91 Å². The zero-order valence-corrected chi connectivity index (χ0v) is 15.3. The van der Waals surface area contributed by atoms with Gasteiger partial charge in [-0.15, -0.1) is 0 Å². The molecule has 2 heterocycles. The summed E-state index contributed by atoms with van der Waals surface area (Å²) in [5.41, 5.74) is -1.40. The molecule has 2 aliphatic rings. The monoisotopic (exact) mass is 360 g/mol. The average Bonchev–Trinajstić information content (AvgIpc) is 2.59. The van der Waals surface area contributed by atoms with E-state index in [4.69, 9.17) is 9.47 Å². The second-order valence-electron chi connectivity index (χ2n) is 7.76. The van der Waals surface area contributed by atoms with E-state index in [0.717, 1.165) is 0 Å². The van der Waals surface area contributed by atoms with Crippen LogP contribution in [0.4, 0.5) is 4.79 Å². The maximum atomic E-state index is 12.4. The van der Waals surface area contributed by atoms with Gasteiger partial charge in [-0.1, -0.05) is 18.2 Å². The predicted molar refractivity (Wildman–Crippen MR) is 93.5 cm³/mol. The lowest BCUT2D eigenvalue weighted by Gasteiger charge is -2.51. The van der Waals surface area contributed by atoms with Gasteiger partial charge >= 0.3 is 12.1 Å². The molecule has 7 heteroatoms. The van der Waals surface area contributed by atoms with E-state index >= 15 is 0 Å². The highest BCUT2D eigenvalue weighted by Crippen LogP contribution is 2.42. The summed E-state index contributed by atoms with van der Waals surface area (Å²) in [6, 6.07) is 8.19. The third-order valence-corrected chi connectivity index (χ3v) is 4.78. The number of hydrogen-bond donors (Lipinski definition) is 1. The highest BCUT2D eigenvalue weighted by Gasteiger charge is 2.60. The molecule has 0 unspecified atom stereocenters. The molecule has 2 saturated heterocycles. The van der Waals surface area contributed by atoms with Gasteiger partial charge in [0.05, 0.1) is 5.41 Å². The predicted octanol–water partition coefficient (Wildman–Crippen LogP) is 2.11. The number of carbonyl (C=O) groups is 3. The lowest BCUT2D eigenvalue weighted by atomic mass is 9.66. The van der Waals surface area contributed by atoms with Gasteiger partial charge < -0.3 is 19.7 Å². The molecular formula is C19H24N2O5. The van der Waals surface area contributed by atoms with Crippen molar-refractivity contribution in [2.24, 2.45) is 5.41 Å². The first kappa shape index (κ1) is 18.2. The van der Waals surface area contributed by atoms with Crippen LogP contribution in [0.25, 0.3) is 0 Å². The molecule has 2 aliphatic heterocycles. The van der Waals surface area contributed by atoms with Gasteiger partial charge in [0.15, 0.2) is 0 Å². The number of piperidine rings is 1. The Kier molecular flexibility index (Phi) is 4.64. The molecule has 1 atom stereocenters. The molecule has 0 aliphatic carbocycles. The summed E-state index contributed by atoms with van der Waals surface area (Å²) in [4.78, 5) is 38.4. The normalized spacial score (nSPS) is 21.6. The minimum Gasteiger partial charge on any atom is -0.458 e. The number of para-hydroxylation sites is 1. The summed E-state index contributed by atoms with van der Waals surface area (Å²) in [6.07, 6.45) is 0.374. The third kappa shape index (κ3) is 3.52. The van der Waals surface area contributed by atoms with Crippen LogP contribution >= 0.6 is 0 Å². The molecule has 7 nitrogen and oxygen atoms in total. The van der Waals surface area contributed by atoms with Crippen LogP contribution in [0.15, 0.2) is 30.3 Å². The maximum absolute atomic E-state index is 12.4. The van der Waals surface area contributed by atoms with Crippen molar-refractivity contribution in [1.29, 1.82) is 0 Å². The number of nitrogens with zero attached hydrogens (tertiary/aromatic N) is 1. The Bertz CT molecular complexity index is 702. The molecule has 0 aromatic heterocycles. The van der Waals surface area contributed by atoms with E-state index in [2.05, 4.69) is 5.32 Å². The fourth-order valence-electron chi connectivity index (χ4n) is 3.37. The molecule has 3 rings (SSSR count). The van der Waals surface area contributed by atoms with Gasteiger partial charge in [-0.2, -0.15) is 0 Å². The minimum absolute atomic E-state index is 0.149. The van der Waals surface area contributed by atoms with Crippen molar-refractivity contribution in [3.63, 3.8) is 0 Å². The van der Waals surface area contributed by atoms with Crippen LogP contribution in [-0.2, 0) is 14.3 Å². The number of likely N-dealkylation sites (tertiary alicyclic amines) is 1. The van der Waals surface area contributed by atoms with Crippen LogP contribution in [0, 0.1) is 5.41 Å². The molecule has 0 saturated carbocycles. The van der Waals surface area contributed by atoms with Gasteiger partial charge in [0, 0.05) is 13.1 Å². The highest BCUT2D eigenvalue weighted by molar-refractivity contribution is 6.00. The number of benzene rings is 1. The molecule has 1 N–H and O–H groups in total. The number of β-lactam (4-membered cyclic amide) rings is 1. The van der Waals surface area contributed by atoms with Gasteiger partial charge in [-0.3, -0.25) is 4.79 Å². The molecule has 2 fully saturated rings. The zero-order valence-electron chi connectivity index (χ0n) is 15.3. The molecule has 26 heavy (non-hydrogen) atoms. The zero-order chi connectivity index (χ0) is 18.9. The molecule has 1 aromatic carbocycles. The first-order chi connectivity index (χ1) is 12.2. The average molecular weight is 360 g/mol. The van der Waals surface area contributed by atoms with Crippen LogP contribution in [0.3, 0.4) is 0 Å². The Balaban J connectivity index is 1.60. The Morgan fingerprint density at radius 3 is 2.31 bits per heavy atom. The molecule has 2 amide bonds. The van der Waals surface area contributed by atoms with Crippen molar-refractivity contribution >= 4 is 18.0 Å². The van der Waals surface area contributed by atoms with E-state index < -0.39 is 29.1 Å². The smallest absolute Gasteiger partial charge is 0.415 e. The van der Waals surface area contributed by atoms with E-state index in [-0.39, 0.29) is 5.91 Å². The maximum Gasteiger partial charge on any atom is 0.415 e. The SMILES string of the molecule is CC(C)(C)OC(=O)[C@@H]1NC(=O)C12CCN(C(=O)Oc1ccccc1)CC2. The van der Waals surface area contributed by atoms with Crippen LogP contribution in [0.1, 0.15) is 33.6 Å². The van der Waals surface area contributed by atoms with Crippen molar-refractivity contribution in [2.45, 2.75) is 45.3 Å². The summed E-state index contributed by atoms with van der Waals surface area (Å²) < 4.78 is 10.7. The Labute approximate surface area is 152 Å². The quantitative estimate of drug-likeness (QED) is 0.645. The van der Waals surface area contributed by atoms with Gasteiger partial charge in [-0.05, 0) is 45.7 Å². The van der Waals surface area contributed by atoms with Crippen LogP contribution < -0.4 is 10.1 Å². The lowest BCUT2D eigenvalue weighted by Crippen LogP contribution is -2.73. The lowest BCUT2D eigenvalue weighted by molar-refractivity contribution is -0.176. The summed E-state index contributed by atoms with van der Waals surface area (Å²) in [6.45, 7) is 6.09. The van der Waals surface area contributed by atoms with E-state index in [0.29, 0.717) is 31.7 Å². The molecule has 0 bridgehead atoms. The van der Waals surface area contributed by atoms with Crippen molar-refractivity contribution < 1.29 is 23.9 Å². The molecule has 1 aromatic rings. The Hall–Kier alpha value is -2.57. The van der Waals surface area contributed by atoms with E-state index in [1.165, 1.54) is 0 Å². The number of rotatable bonds is 2. The van der Waals surface area contributed by atoms with Crippen molar-refractivity contribution in [2.75, 3.05) is 13.1 Å². The van der Waals surface area contributed by atoms with Crippen LogP contribution in [0.5, 0.6) is 5.75 Å². The summed E-state index contributed by atoms with van der Waals surface area (Å²) in [5, 5.41) is 2.66.